The third kappa shape index (κ3) is 3.78. The number of fused-ring (bicyclic) bond motifs is 1. The molecule has 4 rings (SSSR count). The van der Waals surface area contributed by atoms with Crippen molar-refractivity contribution in [3.05, 3.63) is 59.2 Å². The number of aryl methyl sites for hydroxylation is 1. The molecule has 2 aromatic heterocycles. The van der Waals surface area contributed by atoms with Gasteiger partial charge in [0.15, 0.2) is 0 Å². The third-order valence-electron chi connectivity index (χ3n) is 3.94. The van der Waals surface area contributed by atoms with E-state index in [0.717, 1.165) is 21.7 Å². The first-order chi connectivity index (χ1) is 13.5. The number of urea groups is 1. The van der Waals surface area contributed by atoms with Gasteiger partial charge in [-0.1, -0.05) is 22.9 Å². The minimum atomic E-state index is -0.383. The summed E-state index contributed by atoms with van der Waals surface area (Å²) in [6.07, 6.45) is 0. The molecule has 2 amide bonds. The smallest absolute Gasteiger partial charge is 0.324 e. The van der Waals surface area contributed by atoms with Gasteiger partial charge in [0.1, 0.15) is 11.6 Å². The summed E-state index contributed by atoms with van der Waals surface area (Å²) < 4.78 is 7.85. The highest BCUT2D eigenvalue weighted by Crippen LogP contribution is 2.30. The van der Waals surface area contributed by atoms with Gasteiger partial charge in [0.05, 0.1) is 23.0 Å². The van der Waals surface area contributed by atoms with E-state index in [9.17, 15) is 4.79 Å². The van der Waals surface area contributed by atoms with Gasteiger partial charge in [-0.25, -0.2) is 9.78 Å². The molecule has 0 unspecified atom stereocenters. The molecule has 0 radical (unpaired) electrons. The van der Waals surface area contributed by atoms with Crippen LogP contribution in [-0.4, -0.2) is 27.9 Å². The molecule has 7 nitrogen and oxygen atoms in total. The van der Waals surface area contributed by atoms with Crippen LogP contribution < -0.4 is 15.4 Å². The van der Waals surface area contributed by atoms with Crippen LogP contribution in [0.4, 0.5) is 16.3 Å². The molecule has 0 aliphatic carbocycles. The van der Waals surface area contributed by atoms with Crippen LogP contribution in [0.3, 0.4) is 0 Å². The summed E-state index contributed by atoms with van der Waals surface area (Å²) in [7, 11) is 1.63. The fourth-order valence-corrected chi connectivity index (χ4v) is 3.74. The number of nitrogens with one attached hydrogen (secondary N) is 2. The second kappa shape index (κ2) is 7.49. The van der Waals surface area contributed by atoms with Gasteiger partial charge < -0.3 is 10.1 Å². The number of ether oxygens (including phenoxy) is 1. The average molecular weight is 414 g/mol. The second-order valence-corrected chi connectivity index (χ2v) is 7.44. The maximum Gasteiger partial charge on any atom is 0.324 e. The summed E-state index contributed by atoms with van der Waals surface area (Å²) in [6.45, 7) is 1.86. The zero-order valence-corrected chi connectivity index (χ0v) is 16.6. The van der Waals surface area contributed by atoms with E-state index in [-0.39, 0.29) is 6.03 Å². The number of nitrogens with zero attached hydrogens (tertiary/aromatic N) is 3. The minimum absolute atomic E-state index is 0.383. The van der Waals surface area contributed by atoms with E-state index in [0.29, 0.717) is 21.7 Å². The molecule has 0 bridgehead atoms. The van der Waals surface area contributed by atoms with Crippen LogP contribution in [-0.2, 0) is 0 Å². The predicted octanol–water partition coefficient (Wildman–Crippen LogP) is 5.10. The third-order valence-corrected chi connectivity index (χ3v) is 5.19. The highest BCUT2D eigenvalue weighted by atomic mass is 35.5. The quantitative estimate of drug-likeness (QED) is 0.488. The van der Waals surface area contributed by atoms with Crippen LogP contribution in [0.5, 0.6) is 5.75 Å². The standard InChI is InChI=1S/C19H16ClN5O2S/c1-11-9-17(23-18(26)21-13-5-3-12(20)4-6-13)25(24-11)19-22-15-8-7-14(27-2)10-16(15)28-19/h3-10H,1-2H3,(H2,21,23,26). The fourth-order valence-electron chi connectivity index (χ4n) is 2.66. The average Bonchev–Trinajstić information content (AvgIpc) is 3.25. The van der Waals surface area contributed by atoms with Crippen LogP contribution in [0.1, 0.15) is 5.69 Å². The van der Waals surface area contributed by atoms with E-state index >= 15 is 0 Å². The van der Waals surface area contributed by atoms with Gasteiger partial charge in [0.2, 0.25) is 5.13 Å². The van der Waals surface area contributed by atoms with Crippen molar-refractivity contribution in [3.8, 4) is 10.9 Å². The number of carbonyl (C=O) groups is 1. The molecule has 4 aromatic rings. The summed E-state index contributed by atoms with van der Waals surface area (Å²) in [6, 6.07) is 14.0. The number of anilines is 2. The molecule has 0 atom stereocenters. The maximum atomic E-state index is 12.4. The molecular weight excluding hydrogens is 398 g/mol. The van der Waals surface area contributed by atoms with E-state index in [1.165, 1.54) is 11.3 Å². The Morgan fingerprint density at radius 2 is 1.93 bits per heavy atom. The molecule has 0 saturated carbocycles. The lowest BCUT2D eigenvalue weighted by Crippen LogP contribution is -2.21. The van der Waals surface area contributed by atoms with E-state index in [1.807, 2.05) is 25.1 Å². The van der Waals surface area contributed by atoms with Gasteiger partial charge in [-0.15, -0.1) is 0 Å². The summed E-state index contributed by atoms with van der Waals surface area (Å²) >= 11 is 7.33. The molecule has 2 N–H and O–H groups in total. The zero-order chi connectivity index (χ0) is 19.7. The van der Waals surface area contributed by atoms with Gasteiger partial charge in [-0.2, -0.15) is 9.78 Å². The van der Waals surface area contributed by atoms with Gasteiger partial charge in [0.25, 0.3) is 0 Å². The topological polar surface area (TPSA) is 81.1 Å². The van der Waals surface area contributed by atoms with Gasteiger partial charge >= 0.3 is 6.03 Å². The molecule has 9 heteroatoms. The highest BCUT2D eigenvalue weighted by molar-refractivity contribution is 7.20. The van der Waals surface area contributed by atoms with Crippen LogP contribution in [0.25, 0.3) is 15.3 Å². The largest absolute Gasteiger partial charge is 0.497 e. The summed E-state index contributed by atoms with van der Waals surface area (Å²) in [5.74, 6) is 1.29. The van der Waals surface area contributed by atoms with Crippen LogP contribution in [0, 0.1) is 6.92 Å². The normalized spacial score (nSPS) is 10.8. The van der Waals surface area contributed by atoms with Crippen molar-refractivity contribution in [2.75, 3.05) is 17.7 Å². The van der Waals surface area contributed by atoms with Gasteiger partial charge in [-0.3, -0.25) is 5.32 Å². The lowest BCUT2D eigenvalue weighted by atomic mass is 10.3. The fraction of sp³-hybridized carbons (Fsp3) is 0.105. The van der Waals surface area contributed by atoms with Crippen molar-refractivity contribution in [2.45, 2.75) is 6.92 Å². The van der Waals surface area contributed by atoms with Crippen molar-refractivity contribution in [3.63, 3.8) is 0 Å². The number of aromatic nitrogens is 3. The zero-order valence-electron chi connectivity index (χ0n) is 15.1. The molecule has 2 heterocycles. The van der Waals surface area contributed by atoms with Crippen LogP contribution in [0.2, 0.25) is 5.02 Å². The number of halogens is 1. The Labute approximate surface area is 169 Å². The molecule has 0 aliphatic rings. The molecule has 0 saturated heterocycles. The Kier molecular flexibility index (Phi) is 4.89. The Morgan fingerprint density at radius 1 is 1.14 bits per heavy atom. The summed E-state index contributed by atoms with van der Waals surface area (Å²) in [4.78, 5) is 17.0. The molecule has 28 heavy (non-hydrogen) atoms. The first-order valence-electron chi connectivity index (χ1n) is 8.37. The summed E-state index contributed by atoms with van der Waals surface area (Å²) in [5, 5.41) is 11.3. The van der Waals surface area contributed by atoms with Crippen LogP contribution >= 0.6 is 22.9 Å². The number of methoxy groups -OCH3 is 1. The molecule has 0 aliphatic heterocycles. The molecule has 0 fully saturated rings. The Hall–Kier alpha value is -3.10. The Balaban J connectivity index is 1.59. The SMILES string of the molecule is COc1ccc2nc(-n3nc(C)cc3NC(=O)Nc3ccc(Cl)cc3)sc2c1. The number of amides is 2. The Bertz CT molecular complexity index is 1150. The first kappa shape index (κ1) is 18.3. The van der Waals surface area contributed by atoms with E-state index < -0.39 is 0 Å². The van der Waals surface area contributed by atoms with Gasteiger partial charge in [0, 0.05) is 16.8 Å². The number of carbonyl (C=O) groups excluding carboxylic acids is 1. The summed E-state index contributed by atoms with van der Waals surface area (Å²) in [5.41, 5.74) is 2.24. The number of benzene rings is 2. The van der Waals surface area contributed by atoms with Crippen molar-refractivity contribution in [1.29, 1.82) is 0 Å². The van der Waals surface area contributed by atoms with Crippen LogP contribution in [0.15, 0.2) is 48.5 Å². The number of thiazole rings is 1. The van der Waals surface area contributed by atoms with Gasteiger partial charge in [-0.05, 0) is 49.4 Å². The lowest BCUT2D eigenvalue weighted by molar-refractivity contribution is 0.262. The number of hydrogen-bond donors (Lipinski definition) is 2. The van der Waals surface area contributed by atoms with E-state index in [2.05, 4.69) is 20.7 Å². The van der Waals surface area contributed by atoms with Crippen molar-refractivity contribution >= 4 is 50.7 Å². The molecule has 142 valence electrons. The number of rotatable bonds is 4. The predicted molar refractivity (Wildman–Crippen MR) is 112 cm³/mol. The van der Waals surface area contributed by atoms with E-state index in [1.54, 1.807) is 42.1 Å². The first-order valence-corrected chi connectivity index (χ1v) is 9.56. The maximum absolute atomic E-state index is 12.4. The number of hydrogen-bond acceptors (Lipinski definition) is 5. The Morgan fingerprint density at radius 3 is 2.68 bits per heavy atom. The van der Waals surface area contributed by atoms with Crippen molar-refractivity contribution in [2.24, 2.45) is 0 Å². The molecular formula is C19H16ClN5O2S. The van der Waals surface area contributed by atoms with Crippen molar-refractivity contribution < 1.29 is 9.53 Å². The second-order valence-electron chi connectivity index (χ2n) is 6.00. The molecule has 0 spiro atoms. The minimum Gasteiger partial charge on any atom is -0.497 e. The highest BCUT2D eigenvalue weighted by Gasteiger charge is 2.15. The molecule has 2 aromatic carbocycles. The lowest BCUT2D eigenvalue weighted by Gasteiger charge is -2.08. The van der Waals surface area contributed by atoms with E-state index in [4.69, 9.17) is 16.3 Å². The van der Waals surface area contributed by atoms with Crippen molar-refractivity contribution in [1.82, 2.24) is 14.8 Å². The monoisotopic (exact) mass is 413 g/mol.